The molecule has 3 rings (SSSR count). The summed E-state index contributed by atoms with van der Waals surface area (Å²) in [5.74, 6) is 1.99. The molecule has 4 heteroatoms. The van der Waals surface area contributed by atoms with Crippen molar-refractivity contribution in [2.45, 2.75) is 25.4 Å². The lowest BCUT2D eigenvalue weighted by molar-refractivity contribution is 0.456. The number of hydrogen-bond acceptors (Lipinski definition) is 3. The largest absolute Gasteiger partial charge is 0.326 e. The summed E-state index contributed by atoms with van der Waals surface area (Å²) in [5, 5.41) is 8.48. The van der Waals surface area contributed by atoms with E-state index in [9.17, 15) is 0 Å². The Kier molecular flexibility index (Phi) is 2.22. The Balaban J connectivity index is 2.07. The van der Waals surface area contributed by atoms with Gasteiger partial charge in [-0.2, -0.15) is 0 Å². The zero-order chi connectivity index (χ0) is 11.0. The molecular weight excluding hydrogens is 200 g/mol. The summed E-state index contributed by atoms with van der Waals surface area (Å²) < 4.78 is 2.14. The third-order valence-corrected chi connectivity index (χ3v) is 3.02. The summed E-state index contributed by atoms with van der Waals surface area (Å²) in [6.07, 6.45) is 1.94. The van der Waals surface area contributed by atoms with Gasteiger partial charge in [0.25, 0.3) is 0 Å². The van der Waals surface area contributed by atoms with Crippen LogP contribution in [-0.2, 0) is 13.0 Å². The standard InChI is InChI=1S/C12H14N4/c13-10-6-7-11-14-15-12(16(11)8-10)9-4-2-1-3-5-9/h1-5,10H,6-8,13H2. The highest BCUT2D eigenvalue weighted by Crippen LogP contribution is 2.21. The van der Waals surface area contributed by atoms with Crippen LogP contribution in [0.4, 0.5) is 0 Å². The van der Waals surface area contributed by atoms with E-state index in [1.165, 1.54) is 0 Å². The second-order valence-electron chi connectivity index (χ2n) is 4.22. The molecule has 0 saturated carbocycles. The maximum atomic E-state index is 5.98. The van der Waals surface area contributed by atoms with Gasteiger partial charge in [-0.15, -0.1) is 10.2 Å². The number of aromatic nitrogens is 3. The average Bonchev–Trinajstić information content (AvgIpc) is 2.73. The van der Waals surface area contributed by atoms with Gasteiger partial charge in [0.2, 0.25) is 0 Å². The molecule has 0 saturated heterocycles. The van der Waals surface area contributed by atoms with Gasteiger partial charge in [0.05, 0.1) is 0 Å². The van der Waals surface area contributed by atoms with Crippen LogP contribution >= 0.6 is 0 Å². The van der Waals surface area contributed by atoms with Crippen molar-refractivity contribution in [2.24, 2.45) is 5.73 Å². The topological polar surface area (TPSA) is 56.7 Å². The summed E-state index contributed by atoms with van der Waals surface area (Å²) >= 11 is 0. The van der Waals surface area contributed by atoms with Gasteiger partial charge in [-0.3, -0.25) is 0 Å². The molecule has 0 aliphatic carbocycles. The molecule has 0 radical (unpaired) electrons. The fourth-order valence-corrected chi connectivity index (χ4v) is 2.15. The van der Waals surface area contributed by atoms with Gasteiger partial charge in [-0.05, 0) is 6.42 Å². The number of rotatable bonds is 1. The van der Waals surface area contributed by atoms with E-state index in [2.05, 4.69) is 26.9 Å². The molecule has 16 heavy (non-hydrogen) atoms. The van der Waals surface area contributed by atoms with Crippen LogP contribution in [0.5, 0.6) is 0 Å². The summed E-state index contributed by atoms with van der Waals surface area (Å²) in [5.41, 5.74) is 7.09. The minimum Gasteiger partial charge on any atom is -0.326 e. The average molecular weight is 214 g/mol. The number of nitrogens with two attached hydrogens (primary N) is 1. The summed E-state index contributed by atoms with van der Waals surface area (Å²) in [7, 11) is 0. The summed E-state index contributed by atoms with van der Waals surface area (Å²) in [4.78, 5) is 0. The van der Waals surface area contributed by atoms with E-state index >= 15 is 0 Å². The lowest BCUT2D eigenvalue weighted by Crippen LogP contribution is -2.32. The highest BCUT2D eigenvalue weighted by molar-refractivity contribution is 5.55. The molecule has 2 N–H and O–H groups in total. The fraction of sp³-hybridized carbons (Fsp3) is 0.333. The molecule has 4 nitrogen and oxygen atoms in total. The van der Waals surface area contributed by atoms with Crippen molar-refractivity contribution >= 4 is 0 Å². The van der Waals surface area contributed by atoms with Gasteiger partial charge in [0.1, 0.15) is 5.82 Å². The van der Waals surface area contributed by atoms with Gasteiger partial charge >= 0.3 is 0 Å². The van der Waals surface area contributed by atoms with Gasteiger partial charge in [-0.1, -0.05) is 30.3 Å². The van der Waals surface area contributed by atoms with Gasteiger partial charge < -0.3 is 10.3 Å². The molecule has 1 unspecified atom stereocenters. The first-order valence-corrected chi connectivity index (χ1v) is 5.57. The lowest BCUT2D eigenvalue weighted by atomic mass is 10.1. The molecular formula is C12H14N4. The van der Waals surface area contributed by atoms with Crippen molar-refractivity contribution in [1.29, 1.82) is 0 Å². The van der Waals surface area contributed by atoms with E-state index in [0.717, 1.165) is 36.6 Å². The molecule has 0 amide bonds. The zero-order valence-corrected chi connectivity index (χ0v) is 9.00. The maximum Gasteiger partial charge on any atom is 0.164 e. The van der Waals surface area contributed by atoms with Crippen molar-refractivity contribution in [2.75, 3.05) is 0 Å². The number of fused-ring (bicyclic) bond motifs is 1. The van der Waals surface area contributed by atoms with E-state index in [-0.39, 0.29) is 6.04 Å². The SMILES string of the molecule is NC1CCc2nnc(-c3ccccc3)n2C1. The molecule has 0 bridgehead atoms. The van der Waals surface area contributed by atoms with E-state index in [4.69, 9.17) is 5.73 Å². The molecule has 82 valence electrons. The van der Waals surface area contributed by atoms with Crippen molar-refractivity contribution in [3.8, 4) is 11.4 Å². The minimum atomic E-state index is 0.228. The van der Waals surface area contributed by atoms with Crippen molar-refractivity contribution in [3.05, 3.63) is 36.2 Å². The van der Waals surface area contributed by atoms with Crippen LogP contribution in [0.15, 0.2) is 30.3 Å². The van der Waals surface area contributed by atoms with Crippen LogP contribution in [0.3, 0.4) is 0 Å². The molecule has 0 fully saturated rings. The quantitative estimate of drug-likeness (QED) is 0.776. The highest BCUT2D eigenvalue weighted by Gasteiger charge is 2.20. The predicted octanol–water partition coefficient (Wildman–Crippen LogP) is 1.22. The Labute approximate surface area is 94.1 Å². The Bertz CT molecular complexity index is 489. The van der Waals surface area contributed by atoms with E-state index in [1.54, 1.807) is 0 Å². The Morgan fingerprint density at radius 2 is 2.00 bits per heavy atom. The summed E-state index contributed by atoms with van der Waals surface area (Å²) in [6.45, 7) is 0.826. The Hall–Kier alpha value is -1.68. The second kappa shape index (κ2) is 3.72. The van der Waals surface area contributed by atoms with Crippen LogP contribution in [0, 0.1) is 0 Å². The molecule has 1 atom stereocenters. The molecule has 1 aromatic heterocycles. The lowest BCUT2D eigenvalue weighted by Gasteiger charge is -2.20. The van der Waals surface area contributed by atoms with Gasteiger partial charge in [-0.25, -0.2) is 0 Å². The van der Waals surface area contributed by atoms with Crippen molar-refractivity contribution < 1.29 is 0 Å². The van der Waals surface area contributed by atoms with Crippen LogP contribution in [0.1, 0.15) is 12.2 Å². The van der Waals surface area contributed by atoms with Crippen molar-refractivity contribution in [1.82, 2.24) is 14.8 Å². The number of benzene rings is 1. The fourth-order valence-electron chi connectivity index (χ4n) is 2.15. The van der Waals surface area contributed by atoms with E-state index < -0.39 is 0 Å². The number of aryl methyl sites for hydroxylation is 1. The Morgan fingerprint density at radius 3 is 2.81 bits per heavy atom. The van der Waals surface area contributed by atoms with Gasteiger partial charge in [0.15, 0.2) is 5.82 Å². The monoisotopic (exact) mass is 214 g/mol. The molecule has 1 aromatic carbocycles. The first-order valence-electron chi connectivity index (χ1n) is 5.57. The highest BCUT2D eigenvalue weighted by atomic mass is 15.3. The van der Waals surface area contributed by atoms with Crippen LogP contribution in [0.2, 0.25) is 0 Å². The first kappa shape index (κ1) is 9.54. The molecule has 0 spiro atoms. The molecule has 1 aliphatic rings. The maximum absolute atomic E-state index is 5.98. The van der Waals surface area contributed by atoms with Crippen LogP contribution < -0.4 is 5.73 Å². The molecule has 1 aliphatic heterocycles. The zero-order valence-electron chi connectivity index (χ0n) is 9.00. The van der Waals surface area contributed by atoms with Gasteiger partial charge in [0, 0.05) is 24.6 Å². The smallest absolute Gasteiger partial charge is 0.164 e. The third-order valence-electron chi connectivity index (χ3n) is 3.02. The number of nitrogens with zero attached hydrogens (tertiary/aromatic N) is 3. The second-order valence-corrected chi connectivity index (χ2v) is 4.22. The third kappa shape index (κ3) is 1.51. The predicted molar refractivity (Wildman–Crippen MR) is 61.8 cm³/mol. The van der Waals surface area contributed by atoms with E-state index in [0.29, 0.717) is 0 Å². The van der Waals surface area contributed by atoms with Crippen LogP contribution in [-0.4, -0.2) is 20.8 Å². The summed E-state index contributed by atoms with van der Waals surface area (Å²) in [6, 6.07) is 10.4. The van der Waals surface area contributed by atoms with E-state index in [1.807, 2.05) is 18.2 Å². The normalized spacial score (nSPS) is 19.4. The first-order chi connectivity index (χ1) is 7.84. The van der Waals surface area contributed by atoms with Crippen molar-refractivity contribution in [3.63, 3.8) is 0 Å². The molecule has 2 aromatic rings. The Morgan fingerprint density at radius 1 is 1.19 bits per heavy atom. The number of hydrogen-bond donors (Lipinski definition) is 1. The van der Waals surface area contributed by atoms with Crippen LogP contribution in [0.25, 0.3) is 11.4 Å². The minimum absolute atomic E-state index is 0.228. The molecule has 2 heterocycles.